The summed E-state index contributed by atoms with van der Waals surface area (Å²) in [6.07, 6.45) is 9.46. The van der Waals surface area contributed by atoms with Crippen LogP contribution in [-0.4, -0.2) is 30.4 Å². The van der Waals surface area contributed by atoms with E-state index in [0.717, 1.165) is 11.3 Å². The van der Waals surface area contributed by atoms with E-state index in [1.807, 2.05) is 25.1 Å². The SMILES string of the molecule is Cc1cccnc1-c1coc(NC(=O)c2cncn2-c2cccnc2)n1. The highest BCUT2D eigenvalue weighted by Gasteiger charge is 2.17. The molecule has 8 nitrogen and oxygen atoms in total. The smallest absolute Gasteiger partial charge is 0.302 e. The molecule has 0 unspecified atom stereocenters. The van der Waals surface area contributed by atoms with E-state index in [1.165, 1.54) is 12.5 Å². The van der Waals surface area contributed by atoms with E-state index in [1.54, 1.807) is 35.6 Å². The van der Waals surface area contributed by atoms with Crippen LogP contribution in [0.2, 0.25) is 0 Å². The number of nitrogens with zero attached hydrogens (tertiary/aromatic N) is 5. The summed E-state index contributed by atoms with van der Waals surface area (Å²) in [6.45, 7) is 1.93. The van der Waals surface area contributed by atoms with Gasteiger partial charge >= 0.3 is 6.01 Å². The van der Waals surface area contributed by atoms with Crippen molar-refractivity contribution in [2.24, 2.45) is 0 Å². The Labute approximate surface area is 148 Å². The molecule has 0 aliphatic carbocycles. The lowest BCUT2D eigenvalue weighted by molar-refractivity contribution is 0.101. The van der Waals surface area contributed by atoms with Crippen molar-refractivity contribution in [3.8, 4) is 17.1 Å². The van der Waals surface area contributed by atoms with Crippen molar-refractivity contribution in [3.05, 3.63) is 72.9 Å². The number of carbonyl (C=O) groups excluding carboxylic acids is 1. The highest BCUT2D eigenvalue weighted by Crippen LogP contribution is 2.22. The van der Waals surface area contributed by atoms with Crippen molar-refractivity contribution in [1.29, 1.82) is 0 Å². The van der Waals surface area contributed by atoms with Crippen LogP contribution in [0, 0.1) is 6.92 Å². The summed E-state index contributed by atoms with van der Waals surface area (Å²) < 4.78 is 7.00. The number of amides is 1. The van der Waals surface area contributed by atoms with Gasteiger partial charge in [-0.1, -0.05) is 6.07 Å². The fraction of sp³-hybridized carbons (Fsp3) is 0.0556. The van der Waals surface area contributed by atoms with Gasteiger partial charge in [0.25, 0.3) is 5.91 Å². The van der Waals surface area contributed by atoms with Gasteiger partial charge in [-0.25, -0.2) is 4.98 Å². The second-order valence-corrected chi connectivity index (χ2v) is 5.52. The van der Waals surface area contributed by atoms with Gasteiger partial charge < -0.3 is 4.42 Å². The summed E-state index contributed by atoms with van der Waals surface area (Å²) in [5.41, 5.74) is 3.30. The molecule has 4 heterocycles. The number of aromatic nitrogens is 5. The predicted octanol–water partition coefficient (Wildman–Crippen LogP) is 2.88. The summed E-state index contributed by atoms with van der Waals surface area (Å²) >= 11 is 0. The first-order valence-corrected chi connectivity index (χ1v) is 7.84. The Morgan fingerprint density at radius 1 is 1.15 bits per heavy atom. The second-order valence-electron chi connectivity index (χ2n) is 5.52. The first kappa shape index (κ1) is 15.7. The van der Waals surface area contributed by atoms with Crippen LogP contribution < -0.4 is 5.32 Å². The number of anilines is 1. The Hall–Kier alpha value is -3.81. The third kappa shape index (κ3) is 2.95. The lowest BCUT2D eigenvalue weighted by Crippen LogP contribution is -2.16. The molecular formula is C18H14N6O2. The van der Waals surface area contributed by atoms with Gasteiger partial charge in [-0.3, -0.25) is 24.6 Å². The van der Waals surface area contributed by atoms with Crippen molar-refractivity contribution in [2.75, 3.05) is 5.32 Å². The van der Waals surface area contributed by atoms with Gasteiger partial charge in [-0.15, -0.1) is 0 Å². The van der Waals surface area contributed by atoms with E-state index in [-0.39, 0.29) is 6.01 Å². The molecule has 0 radical (unpaired) electrons. The van der Waals surface area contributed by atoms with Crippen LogP contribution in [-0.2, 0) is 0 Å². The molecule has 1 N–H and O–H groups in total. The molecule has 26 heavy (non-hydrogen) atoms. The van der Waals surface area contributed by atoms with E-state index < -0.39 is 5.91 Å². The molecule has 0 aliphatic heterocycles. The van der Waals surface area contributed by atoms with E-state index in [9.17, 15) is 4.79 Å². The topological polar surface area (TPSA) is 98.7 Å². The average molecular weight is 346 g/mol. The van der Waals surface area contributed by atoms with Crippen molar-refractivity contribution in [1.82, 2.24) is 24.5 Å². The molecule has 0 spiro atoms. The Balaban J connectivity index is 1.57. The number of hydrogen-bond acceptors (Lipinski definition) is 6. The summed E-state index contributed by atoms with van der Waals surface area (Å²) in [7, 11) is 0. The quantitative estimate of drug-likeness (QED) is 0.610. The maximum absolute atomic E-state index is 12.6. The molecule has 0 aromatic carbocycles. The molecule has 0 fully saturated rings. The molecule has 4 aromatic rings. The molecule has 0 aliphatic rings. The first-order chi connectivity index (χ1) is 12.7. The van der Waals surface area contributed by atoms with E-state index in [2.05, 4.69) is 25.3 Å². The van der Waals surface area contributed by atoms with Gasteiger partial charge in [0, 0.05) is 12.4 Å². The molecule has 0 saturated heterocycles. The molecule has 8 heteroatoms. The Morgan fingerprint density at radius 2 is 2.04 bits per heavy atom. The minimum absolute atomic E-state index is 0.0917. The van der Waals surface area contributed by atoms with Crippen LogP contribution in [0.5, 0.6) is 0 Å². The maximum atomic E-state index is 12.6. The zero-order chi connectivity index (χ0) is 17.9. The van der Waals surface area contributed by atoms with Crippen LogP contribution in [0.25, 0.3) is 17.1 Å². The number of aryl methyl sites for hydroxylation is 1. The fourth-order valence-electron chi connectivity index (χ4n) is 2.52. The highest BCUT2D eigenvalue weighted by molar-refractivity contribution is 6.02. The minimum atomic E-state index is -0.391. The Kier molecular flexibility index (Phi) is 3.98. The first-order valence-electron chi connectivity index (χ1n) is 7.84. The third-order valence-electron chi connectivity index (χ3n) is 3.77. The number of oxazole rings is 1. The number of imidazole rings is 1. The molecule has 0 atom stereocenters. The van der Waals surface area contributed by atoms with Crippen molar-refractivity contribution in [2.45, 2.75) is 6.92 Å². The van der Waals surface area contributed by atoms with Gasteiger partial charge in [0.2, 0.25) is 0 Å². The fourth-order valence-corrected chi connectivity index (χ4v) is 2.52. The normalized spacial score (nSPS) is 10.7. The zero-order valence-electron chi connectivity index (χ0n) is 13.8. The zero-order valence-corrected chi connectivity index (χ0v) is 13.8. The van der Waals surface area contributed by atoms with Crippen LogP contribution in [0.15, 0.2) is 66.1 Å². The summed E-state index contributed by atoms with van der Waals surface area (Å²) in [5.74, 6) is -0.391. The van der Waals surface area contributed by atoms with Gasteiger partial charge in [0.15, 0.2) is 0 Å². The van der Waals surface area contributed by atoms with Crippen LogP contribution >= 0.6 is 0 Å². The molecule has 1 amide bonds. The molecule has 0 saturated carbocycles. The number of rotatable bonds is 4. The summed E-state index contributed by atoms with van der Waals surface area (Å²) in [5, 5.41) is 2.64. The van der Waals surface area contributed by atoms with E-state index in [0.29, 0.717) is 17.1 Å². The largest absolute Gasteiger partial charge is 0.431 e. The van der Waals surface area contributed by atoms with Gasteiger partial charge in [-0.2, -0.15) is 4.98 Å². The van der Waals surface area contributed by atoms with Crippen LogP contribution in [0.4, 0.5) is 6.01 Å². The van der Waals surface area contributed by atoms with Gasteiger partial charge in [-0.05, 0) is 30.7 Å². The Bertz CT molecular complexity index is 1050. The number of nitrogens with one attached hydrogen (secondary N) is 1. The molecule has 0 bridgehead atoms. The van der Waals surface area contributed by atoms with Crippen molar-refractivity contribution in [3.63, 3.8) is 0 Å². The monoisotopic (exact) mass is 346 g/mol. The summed E-state index contributed by atoms with van der Waals surface area (Å²) in [4.78, 5) is 29.2. The maximum Gasteiger partial charge on any atom is 0.302 e. The van der Waals surface area contributed by atoms with Crippen LogP contribution in [0.1, 0.15) is 16.1 Å². The number of pyridine rings is 2. The van der Waals surface area contributed by atoms with Gasteiger partial charge in [0.1, 0.15) is 17.7 Å². The van der Waals surface area contributed by atoms with E-state index >= 15 is 0 Å². The minimum Gasteiger partial charge on any atom is -0.431 e. The number of hydrogen-bond donors (Lipinski definition) is 1. The average Bonchev–Trinajstić information content (AvgIpc) is 3.32. The van der Waals surface area contributed by atoms with E-state index in [4.69, 9.17) is 4.42 Å². The molecule has 4 aromatic heterocycles. The second kappa shape index (κ2) is 6.60. The Morgan fingerprint density at radius 3 is 2.85 bits per heavy atom. The van der Waals surface area contributed by atoms with Gasteiger partial charge in [0.05, 0.1) is 30.1 Å². The predicted molar refractivity (Wildman–Crippen MR) is 93.8 cm³/mol. The molecule has 128 valence electrons. The standard InChI is InChI=1S/C18H14N6O2/c1-12-4-2-7-21-16(12)14-10-26-18(22-14)23-17(25)15-9-20-11-24(15)13-5-3-6-19-8-13/h2-11H,1H3,(H,22,23,25). The third-order valence-corrected chi connectivity index (χ3v) is 3.77. The lowest BCUT2D eigenvalue weighted by atomic mass is 10.2. The highest BCUT2D eigenvalue weighted by atomic mass is 16.4. The lowest BCUT2D eigenvalue weighted by Gasteiger charge is -2.06. The van der Waals surface area contributed by atoms with Crippen LogP contribution in [0.3, 0.4) is 0 Å². The molecular weight excluding hydrogens is 332 g/mol. The van der Waals surface area contributed by atoms with Crippen molar-refractivity contribution >= 4 is 11.9 Å². The number of carbonyl (C=O) groups is 1. The molecule has 4 rings (SSSR count). The van der Waals surface area contributed by atoms with Crippen molar-refractivity contribution < 1.29 is 9.21 Å². The summed E-state index contributed by atoms with van der Waals surface area (Å²) in [6, 6.07) is 7.49.